The van der Waals surface area contributed by atoms with Crippen molar-refractivity contribution in [1.82, 2.24) is 0 Å². The predicted molar refractivity (Wildman–Crippen MR) is 130 cm³/mol. The van der Waals surface area contributed by atoms with Gasteiger partial charge in [-0.1, -0.05) is 78.8 Å². The summed E-state index contributed by atoms with van der Waals surface area (Å²) < 4.78 is 0. The lowest BCUT2D eigenvalue weighted by Gasteiger charge is -2.43. The zero-order valence-electron chi connectivity index (χ0n) is 19.0. The van der Waals surface area contributed by atoms with Crippen LogP contribution in [0.5, 0.6) is 0 Å². The van der Waals surface area contributed by atoms with E-state index in [-0.39, 0.29) is 11.8 Å². The van der Waals surface area contributed by atoms with E-state index in [4.69, 9.17) is 5.11 Å². The highest BCUT2D eigenvalue weighted by Crippen LogP contribution is 2.47. The van der Waals surface area contributed by atoms with Gasteiger partial charge in [0, 0.05) is 23.8 Å². The average Bonchev–Trinajstić information content (AvgIpc) is 2.77. The number of hydrogen-bond acceptors (Lipinski definition) is 2. The molecule has 0 spiro atoms. The minimum atomic E-state index is -0.720. The number of hydrogen-bond donors (Lipinski definition) is 2. The second-order valence-corrected chi connectivity index (χ2v) is 9.19. The topological polar surface area (TPSA) is 57.5 Å². The van der Waals surface area contributed by atoms with Gasteiger partial charge in [-0.3, -0.25) is 4.79 Å². The number of aliphatic carboxylic acids is 1. The van der Waals surface area contributed by atoms with Crippen molar-refractivity contribution >= 4 is 5.97 Å². The van der Waals surface area contributed by atoms with Crippen LogP contribution in [0.2, 0.25) is 0 Å². The Morgan fingerprint density at radius 3 is 2.69 bits per heavy atom. The van der Waals surface area contributed by atoms with Crippen molar-refractivity contribution in [3.05, 3.63) is 71.8 Å². The number of unbranched alkanes of at least 4 members (excludes halogenated alkanes) is 1. The molecule has 0 saturated heterocycles. The molecule has 2 N–H and O–H groups in total. The number of aliphatic hydroxyl groups is 1. The number of allylic oxidation sites excluding steroid dienone is 5. The van der Waals surface area contributed by atoms with Crippen LogP contribution in [0.15, 0.2) is 66.3 Å². The fourth-order valence-electron chi connectivity index (χ4n) is 4.70. The first-order valence-electron chi connectivity index (χ1n) is 12.1. The number of carbonyl (C=O) groups is 1. The molecule has 0 aromatic heterocycles. The summed E-state index contributed by atoms with van der Waals surface area (Å²) in [6.07, 6.45) is 20.5. The molecule has 0 bridgehead atoms. The third-order valence-corrected chi connectivity index (χ3v) is 6.88. The SMILES string of the molecule is O=C(O)CCC/C=C1\CCCCC1/C=C/C=C/C(O)C1(CC#Cc2ccccc2)CCC1. The summed E-state index contributed by atoms with van der Waals surface area (Å²) in [6, 6.07) is 10.0. The van der Waals surface area contributed by atoms with E-state index in [0.29, 0.717) is 12.3 Å². The van der Waals surface area contributed by atoms with Gasteiger partial charge in [0.15, 0.2) is 0 Å². The van der Waals surface area contributed by atoms with Crippen molar-refractivity contribution in [2.45, 2.75) is 76.7 Å². The van der Waals surface area contributed by atoms with Gasteiger partial charge in [-0.2, -0.15) is 0 Å². The van der Waals surface area contributed by atoms with Gasteiger partial charge in [0.1, 0.15) is 0 Å². The fraction of sp³-hybridized carbons (Fsp3) is 0.483. The molecule has 0 aliphatic heterocycles. The summed E-state index contributed by atoms with van der Waals surface area (Å²) >= 11 is 0. The number of aliphatic hydroxyl groups excluding tert-OH is 1. The number of benzene rings is 1. The summed E-state index contributed by atoms with van der Waals surface area (Å²) in [7, 11) is 0. The number of carboxylic acid groups (broad SMARTS) is 1. The monoisotopic (exact) mass is 432 g/mol. The zero-order chi connectivity index (χ0) is 22.7. The first-order valence-corrected chi connectivity index (χ1v) is 12.1. The Balaban J connectivity index is 1.53. The van der Waals surface area contributed by atoms with E-state index in [2.05, 4.69) is 30.1 Å². The predicted octanol–water partition coefficient (Wildman–Crippen LogP) is 6.44. The molecular weight excluding hydrogens is 396 g/mol. The van der Waals surface area contributed by atoms with Crippen LogP contribution >= 0.6 is 0 Å². The molecular formula is C29H36O3. The van der Waals surface area contributed by atoms with Crippen molar-refractivity contribution in [2.75, 3.05) is 0 Å². The first-order chi connectivity index (χ1) is 15.6. The average molecular weight is 433 g/mol. The molecule has 0 heterocycles. The van der Waals surface area contributed by atoms with Crippen molar-refractivity contribution in [1.29, 1.82) is 0 Å². The molecule has 2 aliphatic carbocycles. The molecule has 2 saturated carbocycles. The van der Waals surface area contributed by atoms with Crippen LogP contribution in [-0.4, -0.2) is 22.3 Å². The third kappa shape index (κ3) is 7.24. The van der Waals surface area contributed by atoms with Gasteiger partial charge in [0.2, 0.25) is 0 Å². The van der Waals surface area contributed by atoms with Gasteiger partial charge >= 0.3 is 5.97 Å². The lowest BCUT2D eigenvalue weighted by atomic mass is 9.63. The van der Waals surface area contributed by atoms with Gasteiger partial charge in [0.25, 0.3) is 0 Å². The van der Waals surface area contributed by atoms with Crippen LogP contribution in [0.25, 0.3) is 0 Å². The molecule has 3 rings (SSSR count). The third-order valence-electron chi connectivity index (χ3n) is 6.88. The smallest absolute Gasteiger partial charge is 0.303 e. The molecule has 2 aliphatic rings. The van der Waals surface area contributed by atoms with Gasteiger partial charge in [-0.15, -0.1) is 0 Å². The molecule has 3 nitrogen and oxygen atoms in total. The molecule has 1 aromatic carbocycles. The number of rotatable bonds is 9. The molecule has 0 amide bonds. The van der Waals surface area contributed by atoms with Crippen LogP contribution in [0.1, 0.15) is 76.2 Å². The fourth-order valence-corrected chi connectivity index (χ4v) is 4.70. The van der Waals surface area contributed by atoms with E-state index in [9.17, 15) is 9.90 Å². The molecule has 0 radical (unpaired) electrons. The van der Waals surface area contributed by atoms with E-state index >= 15 is 0 Å². The van der Waals surface area contributed by atoms with E-state index in [1.165, 1.54) is 18.4 Å². The van der Waals surface area contributed by atoms with Crippen molar-refractivity contribution < 1.29 is 15.0 Å². The molecule has 2 unspecified atom stereocenters. The Hall–Kier alpha value is -2.57. The second-order valence-electron chi connectivity index (χ2n) is 9.19. The van der Waals surface area contributed by atoms with Crippen LogP contribution in [-0.2, 0) is 4.79 Å². The summed E-state index contributed by atoms with van der Waals surface area (Å²) in [6.45, 7) is 0. The van der Waals surface area contributed by atoms with Gasteiger partial charge in [0.05, 0.1) is 6.10 Å². The second kappa shape index (κ2) is 12.5. The highest BCUT2D eigenvalue weighted by molar-refractivity contribution is 5.66. The summed E-state index contributed by atoms with van der Waals surface area (Å²) in [4.78, 5) is 10.7. The van der Waals surface area contributed by atoms with E-state index in [1.807, 2.05) is 42.5 Å². The van der Waals surface area contributed by atoms with Crippen molar-refractivity contribution in [2.24, 2.45) is 11.3 Å². The van der Waals surface area contributed by atoms with Crippen molar-refractivity contribution in [3.8, 4) is 11.8 Å². The summed E-state index contributed by atoms with van der Waals surface area (Å²) in [5.41, 5.74) is 2.36. The Kier molecular flexibility index (Phi) is 9.38. The molecule has 2 fully saturated rings. The highest BCUT2D eigenvalue weighted by Gasteiger charge is 2.41. The minimum absolute atomic E-state index is 0.105. The Morgan fingerprint density at radius 1 is 1.16 bits per heavy atom. The first kappa shape index (κ1) is 24.1. The van der Waals surface area contributed by atoms with E-state index in [1.54, 1.807) is 0 Å². The lowest BCUT2D eigenvalue weighted by Crippen LogP contribution is -2.40. The normalized spacial score (nSPS) is 22.4. The quantitative estimate of drug-likeness (QED) is 0.204. The molecule has 2 atom stereocenters. The number of carboxylic acids is 1. The molecule has 32 heavy (non-hydrogen) atoms. The van der Waals surface area contributed by atoms with Crippen molar-refractivity contribution in [3.63, 3.8) is 0 Å². The van der Waals surface area contributed by atoms with Crippen LogP contribution < -0.4 is 0 Å². The van der Waals surface area contributed by atoms with Gasteiger partial charge < -0.3 is 10.2 Å². The maximum Gasteiger partial charge on any atom is 0.303 e. The molecule has 1 aromatic rings. The Bertz CT molecular complexity index is 878. The van der Waals surface area contributed by atoms with Crippen LogP contribution in [0, 0.1) is 23.2 Å². The summed E-state index contributed by atoms with van der Waals surface area (Å²) in [5.74, 6) is 6.24. The molecule has 3 heteroatoms. The van der Waals surface area contributed by atoms with E-state index in [0.717, 1.165) is 50.5 Å². The van der Waals surface area contributed by atoms with Gasteiger partial charge in [-0.25, -0.2) is 0 Å². The Morgan fingerprint density at radius 2 is 1.97 bits per heavy atom. The van der Waals surface area contributed by atoms with Crippen LogP contribution in [0.3, 0.4) is 0 Å². The maximum absolute atomic E-state index is 10.8. The minimum Gasteiger partial charge on any atom is -0.481 e. The lowest BCUT2D eigenvalue weighted by molar-refractivity contribution is -0.137. The summed E-state index contributed by atoms with van der Waals surface area (Å²) in [5, 5.41) is 19.6. The molecule has 170 valence electrons. The van der Waals surface area contributed by atoms with Gasteiger partial charge in [-0.05, 0) is 63.0 Å². The van der Waals surface area contributed by atoms with Crippen LogP contribution in [0.4, 0.5) is 0 Å². The Labute approximate surface area is 192 Å². The highest BCUT2D eigenvalue weighted by atomic mass is 16.4. The van der Waals surface area contributed by atoms with E-state index < -0.39 is 12.1 Å². The standard InChI is InChI=1S/C29H36O3/c30-27(29(22-11-23-29)21-10-14-24-12-2-1-3-13-24)19-8-6-17-25-15-4-5-16-26(25)18-7-9-20-28(31)32/h1-3,6,8,12-13,17-19,25,27,30H,4-5,7,9,11,15-16,20-23H2,(H,31,32)/b17-6+,19-8+,26-18+. The zero-order valence-corrected chi connectivity index (χ0v) is 19.0. The maximum atomic E-state index is 10.8. The largest absolute Gasteiger partial charge is 0.481 e.